The highest BCUT2D eigenvalue weighted by molar-refractivity contribution is 5.94. The standard InChI is InChI=1S/C19H30N8O8/c20-10(1-3-14(21)29)16(31)26-12(5-9-6-23-8-24-9)18(33)25-11(2-4-15(22)30)17(32)27-13(7-28)19(34)35/h6,8,10-13,28H,1-5,7,20H2,(H2,21,29)(H2,22,30)(H,23,24)(H,25,33)(H,26,31)(H,27,32)(H,34,35). The largest absolute Gasteiger partial charge is 0.480 e. The van der Waals surface area contributed by atoms with Crippen LogP contribution in [0, 0.1) is 0 Å². The lowest BCUT2D eigenvalue weighted by molar-refractivity contribution is -0.143. The lowest BCUT2D eigenvalue weighted by Gasteiger charge is -2.24. The zero-order valence-corrected chi connectivity index (χ0v) is 18.7. The molecule has 1 aromatic heterocycles. The smallest absolute Gasteiger partial charge is 0.328 e. The van der Waals surface area contributed by atoms with Gasteiger partial charge in [-0.1, -0.05) is 0 Å². The summed E-state index contributed by atoms with van der Waals surface area (Å²) in [6.07, 6.45) is 1.80. The molecule has 5 amide bonds. The fourth-order valence-corrected chi connectivity index (χ4v) is 2.82. The van der Waals surface area contributed by atoms with Gasteiger partial charge in [0.2, 0.25) is 29.5 Å². The highest BCUT2D eigenvalue weighted by Crippen LogP contribution is 2.05. The summed E-state index contributed by atoms with van der Waals surface area (Å²) < 4.78 is 0. The average Bonchev–Trinajstić information content (AvgIpc) is 3.30. The first-order valence-electron chi connectivity index (χ1n) is 10.5. The number of hydrogen-bond donors (Lipinski definition) is 9. The number of aromatic amines is 1. The van der Waals surface area contributed by atoms with Gasteiger partial charge in [-0.2, -0.15) is 0 Å². The first-order chi connectivity index (χ1) is 16.4. The van der Waals surface area contributed by atoms with Crippen LogP contribution in [0.25, 0.3) is 0 Å². The highest BCUT2D eigenvalue weighted by atomic mass is 16.4. The van der Waals surface area contributed by atoms with Crippen molar-refractivity contribution >= 4 is 35.5 Å². The van der Waals surface area contributed by atoms with E-state index in [4.69, 9.17) is 27.4 Å². The van der Waals surface area contributed by atoms with E-state index in [2.05, 4.69) is 20.6 Å². The molecule has 0 bridgehead atoms. The maximum atomic E-state index is 13.0. The van der Waals surface area contributed by atoms with Gasteiger partial charge in [-0.3, -0.25) is 24.0 Å². The van der Waals surface area contributed by atoms with E-state index in [0.29, 0.717) is 5.69 Å². The number of nitrogens with one attached hydrogen (secondary N) is 4. The molecular weight excluding hydrogens is 468 g/mol. The third-order valence-electron chi connectivity index (χ3n) is 4.76. The van der Waals surface area contributed by atoms with Crippen LogP contribution >= 0.6 is 0 Å². The zero-order chi connectivity index (χ0) is 26.5. The Kier molecular flexibility index (Phi) is 11.8. The molecule has 1 rings (SSSR count). The minimum Gasteiger partial charge on any atom is -0.480 e. The van der Waals surface area contributed by atoms with E-state index < -0.39 is 66.3 Å². The zero-order valence-electron chi connectivity index (χ0n) is 18.7. The van der Waals surface area contributed by atoms with Gasteiger partial charge in [-0.05, 0) is 12.8 Å². The molecule has 12 N–H and O–H groups in total. The van der Waals surface area contributed by atoms with Crippen molar-refractivity contribution in [1.29, 1.82) is 0 Å². The Morgan fingerprint density at radius 2 is 1.43 bits per heavy atom. The van der Waals surface area contributed by atoms with Gasteiger partial charge in [0, 0.05) is 31.2 Å². The molecule has 16 nitrogen and oxygen atoms in total. The summed E-state index contributed by atoms with van der Waals surface area (Å²) in [4.78, 5) is 77.9. The Morgan fingerprint density at radius 3 is 1.94 bits per heavy atom. The maximum Gasteiger partial charge on any atom is 0.328 e. The number of aliphatic hydroxyl groups excluding tert-OH is 1. The van der Waals surface area contributed by atoms with Crippen LogP contribution in [-0.4, -0.2) is 86.5 Å². The molecule has 4 unspecified atom stereocenters. The summed E-state index contributed by atoms with van der Waals surface area (Å²) in [6.45, 7) is -0.917. The molecule has 16 heteroatoms. The number of rotatable bonds is 16. The number of H-pyrrole nitrogens is 1. The van der Waals surface area contributed by atoms with Crippen LogP contribution in [0.1, 0.15) is 31.4 Å². The van der Waals surface area contributed by atoms with Gasteiger partial charge in [-0.25, -0.2) is 9.78 Å². The Labute approximate surface area is 199 Å². The number of carbonyl (C=O) groups is 6. The molecular formula is C19H30N8O8. The summed E-state index contributed by atoms with van der Waals surface area (Å²) in [7, 11) is 0. The molecule has 0 aromatic carbocycles. The van der Waals surface area contributed by atoms with E-state index in [0.717, 1.165) is 0 Å². The van der Waals surface area contributed by atoms with Crippen LogP contribution in [0.2, 0.25) is 0 Å². The van der Waals surface area contributed by atoms with Crippen molar-refractivity contribution in [1.82, 2.24) is 25.9 Å². The number of nitrogens with two attached hydrogens (primary N) is 3. The van der Waals surface area contributed by atoms with E-state index in [1.807, 2.05) is 5.32 Å². The predicted molar refractivity (Wildman–Crippen MR) is 118 cm³/mol. The first-order valence-corrected chi connectivity index (χ1v) is 10.5. The van der Waals surface area contributed by atoms with Crippen molar-refractivity contribution in [2.75, 3.05) is 6.61 Å². The fraction of sp³-hybridized carbons (Fsp3) is 0.526. The number of nitrogens with zero attached hydrogens (tertiary/aromatic N) is 1. The SMILES string of the molecule is NC(=O)CCC(N)C(=O)NC(Cc1cnc[nH]1)C(=O)NC(CCC(N)=O)C(=O)NC(CO)C(=O)O. The summed E-state index contributed by atoms with van der Waals surface area (Å²) in [5.74, 6) is -5.59. The minimum absolute atomic E-state index is 0.0685. The Morgan fingerprint density at radius 1 is 0.886 bits per heavy atom. The summed E-state index contributed by atoms with van der Waals surface area (Å²) >= 11 is 0. The second kappa shape index (κ2) is 14.3. The number of hydrogen-bond acceptors (Lipinski definition) is 9. The minimum atomic E-state index is -1.65. The van der Waals surface area contributed by atoms with Gasteiger partial charge in [-0.15, -0.1) is 0 Å². The second-order valence-electron chi connectivity index (χ2n) is 7.60. The molecule has 0 aliphatic rings. The summed E-state index contributed by atoms with van der Waals surface area (Å²) in [5, 5.41) is 25.0. The Hall–Kier alpha value is -4.05. The molecule has 0 aliphatic carbocycles. The van der Waals surface area contributed by atoms with Gasteiger partial charge in [0.15, 0.2) is 0 Å². The van der Waals surface area contributed by atoms with Crippen LogP contribution in [0.3, 0.4) is 0 Å². The number of amides is 5. The molecule has 0 saturated heterocycles. The molecule has 0 radical (unpaired) electrons. The molecule has 194 valence electrons. The number of aliphatic hydroxyl groups is 1. The van der Waals surface area contributed by atoms with Crippen LogP contribution < -0.4 is 33.2 Å². The fourth-order valence-electron chi connectivity index (χ4n) is 2.82. The van der Waals surface area contributed by atoms with Crippen molar-refractivity contribution in [2.24, 2.45) is 17.2 Å². The monoisotopic (exact) mass is 498 g/mol. The van der Waals surface area contributed by atoms with E-state index >= 15 is 0 Å². The van der Waals surface area contributed by atoms with Crippen LogP contribution in [0.15, 0.2) is 12.5 Å². The van der Waals surface area contributed by atoms with Crippen molar-refractivity contribution in [3.05, 3.63) is 18.2 Å². The normalized spacial score (nSPS) is 14.1. The predicted octanol–water partition coefficient (Wildman–Crippen LogP) is -4.66. The first kappa shape index (κ1) is 29.0. The number of aromatic nitrogens is 2. The van der Waals surface area contributed by atoms with E-state index in [1.165, 1.54) is 12.5 Å². The molecule has 0 fully saturated rings. The van der Waals surface area contributed by atoms with Gasteiger partial charge in [0.1, 0.15) is 18.1 Å². The van der Waals surface area contributed by atoms with E-state index in [1.54, 1.807) is 0 Å². The van der Waals surface area contributed by atoms with Crippen molar-refractivity contribution in [3.63, 3.8) is 0 Å². The second-order valence-corrected chi connectivity index (χ2v) is 7.60. The summed E-state index contributed by atoms with van der Waals surface area (Å²) in [6, 6.07) is -5.51. The van der Waals surface area contributed by atoms with Crippen molar-refractivity contribution in [3.8, 4) is 0 Å². The van der Waals surface area contributed by atoms with Crippen LogP contribution in [0.4, 0.5) is 0 Å². The van der Waals surface area contributed by atoms with E-state index in [-0.39, 0.29) is 32.1 Å². The molecule has 1 aromatic rings. The number of carbonyl (C=O) groups excluding carboxylic acids is 5. The highest BCUT2D eigenvalue weighted by Gasteiger charge is 2.30. The molecule has 0 aliphatic heterocycles. The molecule has 4 atom stereocenters. The third kappa shape index (κ3) is 10.6. The number of aliphatic carboxylic acids is 1. The van der Waals surface area contributed by atoms with Gasteiger partial charge < -0.3 is 48.3 Å². The van der Waals surface area contributed by atoms with Crippen molar-refractivity contribution < 1.29 is 39.0 Å². The summed E-state index contributed by atoms with van der Waals surface area (Å²) in [5.41, 5.74) is 16.4. The molecule has 35 heavy (non-hydrogen) atoms. The Balaban J connectivity index is 3.03. The Bertz CT molecular complexity index is 907. The van der Waals surface area contributed by atoms with E-state index in [9.17, 15) is 28.8 Å². The van der Waals surface area contributed by atoms with Gasteiger partial charge >= 0.3 is 5.97 Å². The molecule has 0 spiro atoms. The lowest BCUT2D eigenvalue weighted by atomic mass is 10.1. The number of primary amides is 2. The number of carboxylic acid groups (broad SMARTS) is 1. The quantitative estimate of drug-likeness (QED) is 0.105. The lowest BCUT2D eigenvalue weighted by Crippen LogP contribution is -2.58. The third-order valence-corrected chi connectivity index (χ3v) is 4.76. The number of carboxylic acids is 1. The van der Waals surface area contributed by atoms with Crippen LogP contribution in [-0.2, 0) is 35.2 Å². The number of imidazole rings is 1. The average molecular weight is 498 g/mol. The molecule has 0 saturated carbocycles. The molecule has 1 heterocycles. The van der Waals surface area contributed by atoms with Gasteiger partial charge in [0.25, 0.3) is 0 Å². The maximum absolute atomic E-state index is 13.0. The van der Waals surface area contributed by atoms with Crippen LogP contribution in [0.5, 0.6) is 0 Å². The topological polar surface area (TPSA) is 286 Å². The van der Waals surface area contributed by atoms with Gasteiger partial charge in [0.05, 0.1) is 19.0 Å². The van der Waals surface area contributed by atoms with Crippen molar-refractivity contribution in [2.45, 2.75) is 56.3 Å².